The lowest BCUT2D eigenvalue weighted by Crippen LogP contribution is -2.49. The Morgan fingerprint density at radius 1 is 0.906 bits per heavy atom. The fourth-order valence-corrected chi connectivity index (χ4v) is 3.63. The van der Waals surface area contributed by atoms with E-state index in [4.69, 9.17) is 0 Å². The average molecular weight is 439 g/mol. The molecule has 0 saturated carbocycles. The molecule has 0 aliphatic carbocycles. The van der Waals surface area contributed by atoms with Crippen LogP contribution in [-0.2, 0) is 6.54 Å². The van der Waals surface area contributed by atoms with E-state index < -0.39 is 23.4 Å². The topological polar surface area (TPSA) is 52.7 Å². The number of hydrogen-bond donors (Lipinski definition) is 1. The zero-order chi connectivity index (χ0) is 22.7. The lowest BCUT2D eigenvalue weighted by molar-refractivity contribution is 0.102. The number of nitrogens with zero attached hydrogens (tertiary/aromatic N) is 2. The molecule has 0 aromatic heterocycles. The summed E-state index contributed by atoms with van der Waals surface area (Å²) in [6, 6.07) is 14.7. The molecule has 4 rings (SSSR count). The van der Waals surface area contributed by atoms with Gasteiger partial charge in [0.1, 0.15) is 17.5 Å². The molecule has 3 aromatic carbocycles. The number of amides is 3. The van der Waals surface area contributed by atoms with E-state index >= 15 is 0 Å². The second kappa shape index (κ2) is 9.13. The molecule has 1 N–H and O–H groups in total. The van der Waals surface area contributed by atoms with Crippen LogP contribution < -0.4 is 10.2 Å². The van der Waals surface area contributed by atoms with Crippen LogP contribution in [0.1, 0.15) is 22.3 Å². The van der Waals surface area contributed by atoms with Crippen LogP contribution in [0.2, 0.25) is 0 Å². The van der Waals surface area contributed by atoms with Gasteiger partial charge in [0.15, 0.2) is 0 Å². The van der Waals surface area contributed by atoms with Crippen LogP contribution in [0.4, 0.5) is 29.3 Å². The lowest BCUT2D eigenvalue weighted by Gasteiger charge is -2.36. The smallest absolute Gasteiger partial charge is 0.320 e. The molecule has 164 valence electrons. The number of nitrogens with one attached hydrogen (secondary N) is 1. The van der Waals surface area contributed by atoms with Gasteiger partial charge in [0.25, 0.3) is 5.91 Å². The number of carbonyl (C=O) groups is 2. The predicted octanol–water partition coefficient (Wildman–Crippen LogP) is 5.19. The summed E-state index contributed by atoms with van der Waals surface area (Å²) in [7, 11) is 0. The first-order valence-corrected chi connectivity index (χ1v) is 10.1. The molecule has 0 unspecified atom stereocenters. The third-order valence-electron chi connectivity index (χ3n) is 5.23. The third-order valence-corrected chi connectivity index (χ3v) is 5.23. The molecule has 5 nitrogen and oxygen atoms in total. The highest BCUT2D eigenvalue weighted by atomic mass is 19.1. The molecule has 1 saturated heterocycles. The standard InChI is InChI=1S/C24H20F3N3O2/c25-18-8-6-16(7-9-18)23(31)28-21-4-1-2-5-22(21)30-13-3-12-29(24(30)32)15-17-14-19(26)10-11-20(17)27/h1-2,4-11,14H,3,12-13,15H2,(H,28,31). The first-order valence-electron chi connectivity index (χ1n) is 10.1. The largest absolute Gasteiger partial charge is 0.324 e. The summed E-state index contributed by atoms with van der Waals surface area (Å²) >= 11 is 0. The van der Waals surface area contributed by atoms with Crippen LogP contribution in [0, 0.1) is 17.5 Å². The fourth-order valence-electron chi connectivity index (χ4n) is 3.63. The third kappa shape index (κ3) is 4.59. The molecule has 0 spiro atoms. The van der Waals surface area contributed by atoms with E-state index in [1.54, 1.807) is 24.3 Å². The SMILES string of the molecule is O=C(Nc1ccccc1N1CCCN(Cc2cc(F)ccc2F)C1=O)c1ccc(F)cc1. The van der Waals surface area contributed by atoms with Crippen LogP contribution in [0.15, 0.2) is 66.7 Å². The van der Waals surface area contributed by atoms with Gasteiger partial charge in [-0.05, 0) is 61.0 Å². The van der Waals surface area contributed by atoms with E-state index in [1.807, 2.05) is 0 Å². The highest BCUT2D eigenvalue weighted by Crippen LogP contribution is 2.30. The van der Waals surface area contributed by atoms with Gasteiger partial charge < -0.3 is 10.2 Å². The zero-order valence-electron chi connectivity index (χ0n) is 17.0. The summed E-state index contributed by atoms with van der Waals surface area (Å²) in [5.74, 6) is -2.05. The average Bonchev–Trinajstić information content (AvgIpc) is 2.78. The number of para-hydroxylation sites is 2. The zero-order valence-corrected chi connectivity index (χ0v) is 17.0. The molecular weight excluding hydrogens is 419 g/mol. The monoisotopic (exact) mass is 439 g/mol. The second-order valence-electron chi connectivity index (χ2n) is 7.42. The van der Waals surface area contributed by atoms with Crippen LogP contribution in [0.25, 0.3) is 0 Å². The van der Waals surface area contributed by atoms with Crippen molar-refractivity contribution < 1.29 is 22.8 Å². The summed E-state index contributed by atoms with van der Waals surface area (Å²) in [6.07, 6.45) is 0.614. The van der Waals surface area contributed by atoms with Crippen molar-refractivity contribution in [2.24, 2.45) is 0 Å². The molecule has 1 fully saturated rings. The molecule has 0 radical (unpaired) electrons. The van der Waals surface area contributed by atoms with E-state index in [1.165, 1.54) is 34.1 Å². The Labute approximate surface area is 183 Å². The molecule has 0 bridgehead atoms. The van der Waals surface area contributed by atoms with E-state index in [0.717, 1.165) is 18.2 Å². The number of anilines is 2. The quantitative estimate of drug-likeness (QED) is 0.595. The number of carbonyl (C=O) groups excluding carboxylic acids is 2. The van der Waals surface area contributed by atoms with Crippen LogP contribution >= 0.6 is 0 Å². The van der Waals surface area contributed by atoms with Gasteiger partial charge in [-0.15, -0.1) is 0 Å². The Morgan fingerprint density at radius 3 is 2.41 bits per heavy atom. The van der Waals surface area contributed by atoms with Gasteiger partial charge >= 0.3 is 6.03 Å². The minimum atomic E-state index is -0.580. The van der Waals surface area contributed by atoms with Gasteiger partial charge in [0, 0.05) is 24.2 Å². The predicted molar refractivity (Wildman–Crippen MR) is 115 cm³/mol. The van der Waals surface area contributed by atoms with Crippen molar-refractivity contribution in [3.8, 4) is 0 Å². The van der Waals surface area contributed by atoms with Gasteiger partial charge in [-0.2, -0.15) is 0 Å². The minimum Gasteiger partial charge on any atom is -0.320 e. The Balaban J connectivity index is 1.55. The summed E-state index contributed by atoms with van der Waals surface area (Å²) in [5.41, 5.74) is 1.26. The summed E-state index contributed by atoms with van der Waals surface area (Å²) in [6.45, 7) is 0.739. The molecule has 1 heterocycles. The first-order chi connectivity index (χ1) is 15.4. The van der Waals surface area contributed by atoms with Gasteiger partial charge in [-0.1, -0.05) is 12.1 Å². The van der Waals surface area contributed by atoms with E-state index in [0.29, 0.717) is 30.9 Å². The van der Waals surface area contributed by atoms with Crippen molar-refractivity contribution in [3.05, 3.63) is 95.3 Å². The minimum absolute atomic E-state index is 0.0664. The van der Waals surface area contributed by atoms with Crippen LogP contribution in [-0.4, -0.2) is 29.9 Å². The maximum atomic E-state index is 14.1. The summed E-state index contributed by atoms with van der Waals surface area (Å²) in [5, 5.41) is 2.76. The molecule has 1 aliphatic rings. The molecule has 3 aromatic rings. The first kappa shape index (κ1) is 21.4. The highest BCUT2D eigenvalue weighted by Gasteiger charge is 2.29. The van der Waals surface area contributed by atoms with Gasteiger partial charge in [0.05, 0.1) is 17.9 Å². The van der Waals surface area contributed by atoms with Crippen molar-refractivity contribution in [1.29, 1.82) is 0 Å². The van der Waals surface area contributed by atoms with Crippen molar-refractivity contribution in [3.63, 3.8) is 0 Å². The lowest BCUT2D eigenvalue weighted by atomic mass is 10.1. The number of halogens is 3. The molecule has 0 atom stereocenters. The summed E-state index contributed by atoms with van der Waals surface area (Å²) < 4.78 is 40.8. The molecular formula is C24H20F3N3O2. The summed E-state index contributed by atoms with van der Waals surface area (Å²) in [4.78, 5) is 28.7. The van der Waals surface area contributed by atoms with Crippen molar-refractivity contribution in [2.45, 2.75) is 13.0 Å². The van der Waals surface area contributed by atoms with E-state index in [-0.39, 0.29) is 23.7 Å². The van der Waals surface area contributed by atoms with E-state index in [9.17, 15) is 22.8 Å². The van der Waals surface area contributed by atoms with Gasteiger partial charge in [-0.25, -0.2) is 18.0 Å². The molecule has 32 heavy (non-hydrogen) atoms. The van der Waals surface area contributed by atoms with Crippen molar-refractivity contribution in [2.75, 3.05) is 23.3 Å². The molecule has 8 heteroatoms. The number of benzene rings is 3. The Bertz CT molecular complexity index is 1150. The van der Waals surface area contributed by atoms with E-state index in [2.05, 4.69) is 5.32 Å². The van der Waals surface area contributed by atoms with Crippen LogP contribution in [0.3, 0.4) is 0 Å². The maximum Gasteiger partial charge on any atom is 0.324 e. The maximum absolute atomic E-state index is 14.1. The number of rotatable bonds is 5. The normalized spacial score (nSPS) is 13.9. The molecule has 1 aliphatic heterocycles. The number of hydrogen-bond acceptors (Lipinski definition) is 2. The Hall–Kier alpha value is -3.81. The fraction of sp³-hybridized carbons (Fsp3) is 0.167. The Morgan fingerprint density at radius 2 is 1.62 bits per heavy atom. The van der Waals surface area contributed by atoms with Crippen molar-refractivity contribution >= 4 is 23.3 Å². The molecule has 3 amide bonds. The highest BCUT2D eigenvalue weighted by molar-refractivity contribution is 6.07. The number of urea groups is 1. The second-order valence-corrected chi connectivity index (χ2v) is 7.42. The van der Waals surface area contributed by atoms with Crippen molar-refractivity contribution in [1.82, 2.24) is 4.90 Å². The Kier molecular flexibility index (Phi) is 6.11. The van der Waals surface area contributed by atoms with Crippen LogP contribution in [0.5, 0.6) is 0 Å². The van der Waals surface area contributed by atoms with Gasteiger partial charge in [0.2, 0.25) is 0 Å². The van der Waals surface area contributed by atoms with Gasteiger partial charge in [-0.3, -0.25) is 9.69 Å².